The van der Waals surface area contributed by atoms with Crippen LogP contribution >= 0.6 is 0 Å². The van der Waals surface area contributed by atoms with Crippen molar-refractivity contribution < 1.29 is 19.4 Å². The first-order chi connectivity index (χ1) is 13.2. The molecule has 3 unspecified atom stereocenters. The quantitative estimate of drug-likeness (QED) is 0.822. The van der Waals surface area contributed by atoms with Crippen LogP contribution in [0.15, 0.2) is 18.5 Å². The number of fused-ring (bicyclic) bond motifs is 1. The highest BCUT2D eigenvalue weighted by atomic mass is 16.5. The van der Waals surface area contributed by atoms with E-state index in [0.29, 0.717) is 19.5 Å². The second-order valence-corrected chi connectivity index (χ2v) is 9.47. The zero-order chi connectivity index (χ0) is 20.1. The van der Waals surface area contributed by atoms with Gasteiger partial charge in [-0.2, -0.15) is 5.10 Å². The fourth-order valence-electron chi connectivity index (χ4n) is 5.16. The Morgan fingerprint density at radius 3 is 2.75 bits per heavy atom. The molecule has 0 bridgehead atoms. The van der Waals surface area contributed by atoms with Crippen LogP contribution in [0.1, 0.15) is 52.5 Å². The summed E-state index contributed by atoms with van der Waals surface area (Å²) in [5.74, 6) is -0.696. The van der Waals surface area contributed by atoms with Crippen LogP contribution in [-0.2, 0) is 9.53 Å². The fraction of sp³-hybridized carbons (Fsp3) is 0.750. The Hall–Kier alpha value is -2.09. The van der Waals surface area contributed by atoms with E-state index in [1.807, 2.05) is 37.7 Å². The van der Waals surface area contributed by atoms with Gasteiger partial charge in [-0.25, -0.2) is 4.79 Å². The third-order valence-electron chi connectivity index (χ3n) is 6.51. The number of hydrogen-bond donors (Lipinski definition) is 2. The summed E-state index contributed by atoms with van der Waals surface area (Å²) in [4.78, 5) is 26.5. The van der Waals surface area contributed by atoms with Crippen molar-refractivity contribution in [1.29, 1.82) is 0 Å². The molecule has 1 aromatic rings. The molecule has 28 heavy (non-hydrogen) atoms. The average Bonchev–Trinajstić information content (AvgIpc) is 3.27. The minimum absolute atomic E-state index is 0.0199. The van der Waals surface area contributed by atoms with Crippen molar-refractivity contribution in [2.75, 3.05) is 13.1 Å². The molecule has 3 aliphatic rings. The van der Waals surface area contributed by atoms with Crippen LogP contribution < -0.4 is 5.32 Å². The highest BCUT2D eigenvalue weighted by molar-refractivity contribution is 5.80. The van der Waals surface area contributed by atoms with E-state index in [0.717, 1.165) is 19.3 Å². The summed E-state index contributed by atoms with van der Waals surface area (Å²) in [5, 5.41) is 17.2. The van der Waals surface area contributed by atoms with Gasteiger partial charge in [-0.1, -0.05) is 6.42 Å². The minimum atomic E-state index is -0.762. The number of rotatable bonds is 4. The lowest BCUT2D eigenvalue weighted by molar-refractivity contribution is -0.149. The lowest BCUT2D eigenvalue weighted by Gasteiger charge is -2.47. The van der Waals surface area contributed by atoms with Crippen LogP contribution in [0, 0.1) is 11.3 Å². The largest absolute Gasteiger partial charge is 0.481 e. The number of aromatic nitrogens is 2. The van der Waals surface area contributed by atoms with E-state index >= 15 is 0 Å². The Kier molecular flexibility index (Phi) is 4.64. The van der Waals surface area contributed by atoms with Crippen LogP contribution in [0.2, 0.25) is 0 Å². The monoisotopic (exact) mass is 390 g/mol. The highest BCUT2D eigenvalue weighted by Gasteiger charge is 2.56. The van der Waals surface area contributed by atoms with Gasteiger partial charge < -0.3 is 20.1 Å². The molecule has 0 aromatic carbocycles. The van der Waals surface area contributed by atoms with E-state index in [2.05, 4.69) is 10.4 Å². The number of carboxylic acids is 1. The topological polar surface area (TPSA) is 96.7 Å². The van der Waals surface area contributed by atoms with E-state index in [1.165, 1.54) is 0 Å². The molecule has 2 amide bonds. The average molecular weight is 390 g/mol. The molecule has 8 heteroatoms. The van der Waals surface area contributed by atoms with Crippen molar-refractivity contribution in [1.82, 2.24) is 20.0 Å². The van der Waals surface area contributed by atoms with Gasteiger partial charge in [-0.3, -0.25) is 9.48 Å². The molecular formula is C20H30N4O4. The lowest BCUT2D eigenvalue weighted by atomic mass is 9.81. The summed E-state index contributed by atoms with van der Waals surface area (Å²) in [7, 11) is 0. The summed E-state index contributed by atoms with van der Waals surface area (Å²) in [5.41, 5.74) is -1.03. The van der Waals surface area contributed by atoms with Gasteiger partial charge >= 0.3 is 12.0 Å². The number of hydrogen-bond acceptors (Lipinski definition) is 4. The van der Waals surface area contributed by atoms with E-state index in [9.17, 15) is 14.7 Å². The summed E-state index contributed by atoms with van der Waals surface area (Å²) >= 11 is 0. The Morgan fingerprint density at radius 1 is 1.36 bits per heavy atom. The van der Waals surface area contributed by atoms with Gasteiger partial charge in [0, 0.05) is 25.5 Å². The maximum Gasteiger partial charge on any atom is 0.317 e. The molecule has 2 aliphatic carbocycles. The van der Waals surface area contributed by atoms with Gasteiger partial charge in [-0.05, 0) is 52.0 Å². The zero-order valence-electron chi connectivity index (χ0n) is 16.8. The van der Waals surface area contributed by atoms with E-state index < -0.39 is 11.4 Å². The molecule has 0 radical (unpaired) electrons. The molecule has 2 heterocycles. The molecule has 0 spiro atoms. The summed E-state index contributed by atoms with van der Waals surface area (Å²) in [6.45, 7) is 6.90. The fourth-order valence-corrected chi connectivity index (χ4v) is 5.16. The van der Waals surface area contributed by atoms with Gasteiger partial charge in [0.05, 0.1) is 29.2 Å². The van der Waals surface area contributed by atoms with Crippen molar-refractivity contribution in [3.63, 3.8) is 0 Å². The Balaban J connectivity index is 1.42. The number of aliphatic carboxylic acids is 1. The number of carboxylic acid groups (broad SMARTS) is 1. The second kappa shape index (κ2) is 6.76. The molecule has 2 saturated carbocycles. The van der Waals surface area contributed by atoms with Crippen LogP contribution in [-0.4, -0.2) is 62.6 Å². The molecule has 1 aromatic heterocycles. The van der Waals surface area contributed by atoms with Crippen LogP contribution in [0.5, 0.6) is 0 Å². The number of nitrogens with zero attached hydrogens (tertiary/aromatic N) is 3. The number of urea groups is 1. The summed E-state index contributed by atoms with van der Waals surface area (Å²) < 4.78 is 8.00. The third-order valence-corrected chi connectivity index (χ3v) is 6.51. The number of carbonyl (C=O) groups is 2. The lowest BCUT2D eigenvalue weighted by Crippen LogP contribution is -2.60. The van der Waals surface area contributed by atoms with Crippen LogP contribution in [0.4, 0.5) is 4.79 Å². The second-order valence-electron chi connectivity index (χ2n) is 9.47. The molecule has 3 fully saturated rings. The normalized spacial score (nSPS) is 34.8. The molecule has 1 saturated heterocycles. The van der Waals surface area contributed by atoms with Crippen molar-refractivity contribution in [2.45, 2.75) is 70.2 Å². The van der Waals surface area contributed by atoms with Crippen molar-refractivity contribution in [3.05, 3.63) is 18.5 Å². The predicted molar refractivity (Wildman–Crippen MR) is 102 cm³/mol. The predicted octanol–water partition coefficient (Wildman–Crippen LogP) is 2.28. The maximum atomic E-state index is 12.9. The van der Waals surface area contributed by atoms with E-state index in [1.54, 1.807) is 11.1 Å². The molecule has 8 nitrogen and oxygen atoms in total. The number of ether oxygens (including phenoxy) is 1. The smallest absolute Gasteiger partial charge is 0.317 e. The van der Waals surface area contributed by atoms with Gasteiger partial charge in [0.25, 0.3) is 0 Å². The Bertz CT molecular complexity index is 744. The van der Waals surface area contributed by atoms with Crippen molar-refractivity contribution >= 4 is 12.0 Å². The Labute approximate surface area is 165 Å². The number of carbonyl (C=O) groups excluding carboxylic acids is 1. The van der Waals surface area contributed by atoms with Gasteiger partial charge in [0.15, 0.2) is 0 Å². The standard InChI is InChI=1S/C20H30N4O4/c1-19(2,3)28-15-10-14(16(15)24-9-5-8-21-24)22-18(27)23-11-13-6-4-7-20(13,12-23)17(25)26/h5,8-9,13-16H,4,6-7,10-12H2,1-3H3,(H,22,27)(H,25,26)/t13-,14?,15?,16?,20+/m0/s1. The van der Waals surface area contributed by atoms with E-state index in [4.69, 9.17) is 4.74 Å². The maximum absolute atomic E-state index is 12.9. The third kappa shape index (κ3) is 3.27. The SMILES string of the molecule is CC(C)(C)OC1CC(NC(=O)N2C[C@@H]3CCC[C@@]3(C(=O)O)C2)C1n1cccn1. The first-order valence-corrected chi connectivity index (χ1v) is 10.2. The summed E-state index contributed by atoms with van der Waals surface area (Å²) in [6, 6.07) is 1.55. The number of amides is 2. The molecule has 5 atom stereocenters. The van der Waals surface area contributed by atoms with Gasteiger partial charge in [0.2, 0.25) is 0 Å². The highest BCUT2D eigenvalue weighted by Crippen LogP contribution is 2.49. The van der Waals surface area contributed by atoms with Gasteiger partial charge in [-0.15, -0.1) is 0 Å². The minimum Gasteiger partial charge on any atom is -0.481 e. The molecule has 2 N–H and O–H groups in total. The van der Waals surface area contributed by atoms with Crippen molar-refractivity contribution in [2.24, 2.45) is 11.3 Å². The van der Waals surface area contributed by atoms with Gasteiger partial charge in [0.1, 0.15) is 0 Å². The molecule has 1 aliphatic heterocycles. The van der Waals surface area contributed by atoms with Crippen molar-refractivity contribution in [3.8, 4) is 0 Å². The first-order valence-electron chi connectivity index (χ1n) is 10.2. The zero-order valence-corrected chi connectivity index (χ0v) is 16.8. The number of nitrogens with one attached hydrogen (secondary N) is 1. The molecular weight excluding hydrogens is 360 g/mol. The van der Waals surface area contributed by atoms with E-state index in [-0.39, 0.29) is 35.7 Å². The van der Waals surface area contributed by atoms with Crippen LogP contribution in [0.3, 0.4) is 0 Å². The molecule has 4 rings (SSSR count). The Morgan fingerprint density at radius 2 is 2.14 bits per heavy atom. The summed E-state index contributed by atoms with van der Waals surface area (Å²) in [6.07, 6.45) is 6.80. The first kappa shape index (κ1) is 19.2. The van der Waals surface area contributed by atoms with Crippen LogP contribution in [0.25, 0.3) is 0 Å². The molecule has 154 valence electrons. The number of likely N-dealkylation sites (tertiary alicyclic amines) is 1.